The van der Waals surface area contributed by atoms with Crippen LogP contribution in [0.2, 0.25) is 0 Å². The van der Waals surface area contributed by atoms with E-state index in [1.807, 2.05) is 31.2 Å². The first-order valence-corrected chi connectivity index (χ1v) is 9.53. The Labute approximate surface area is 162 Å². The highest BCUT2D eigenvalue weighted by atomic mass is 16.5. The van der Waals surface area contributed by atoms with Gasteiger partial charge in [-0.3, -0.25) is 4.99 Å². The standard InChI is InChI=1S/C22H31N3O2/c1-5-17-10-12-18(13-11-17)16(3)25-22(23-6-2)24-15-21(26)19-8-7-9-20(14-19)27-4/h7-14,16,21,26H,5-6,15H2,1-4H3,(H2,23,24,25). The number of hydrogen-bond donors (Lipinski definition) is 3. The Morgan fingerprint density at radius 1 is 1.11 bits per heavy atom. The Bertz CT molecular complexity index is 729. The molecule has 0 bridgehead atoms. The van der Waals surface area contributed by atoms with Crippen LogP contribution in [0.5, 0.6) is 5.75 Å². The molecule has 0 saturated carbocycles. The summed E-state index contributed by atoms with van der Waals surface area (Å²) in [5.74, 6) is 1.41. The Hall–Kier alpha value is -2.53. The van der Waals surface area contributed by atoms with Crippen LogP contribution < -0.4 is 15.4 Å². The average molecular weight is 370 g/mol. The molecule has 2 atom stereocenters. The molecule has 0 aliphatic heterocycles. The van der Waals surface area contributed by atoms with Gasteiger partial charge in [0.25, 0.3) is 0 Å². The smallest absolute Gasteiger partial charge is 0.191 e. The number of aryl methyl sites for hydroxylation is 1. The molecule has 0 radical (unpaired) electrons. The van der Waals surface area contributed by atoms with Crippen LogP contribution in [-0.2, 0) is 6.42 Å². The molecule has 5 heteroatoms. The van der Waals surface area contributed by atoms with Crippen molar-refractivity contribution in [2.75, 3.05) is 20.2 Å². The number of rotatable bonds is 8. The molecule has 0 aromatic heterocycles. The van der Waals surface area contributed by atoms with Crippen LogP contribution in [0.3, 0.4) is 0 Å². The number of nitrogens with one attached hydrogen (secondary N) is 2. The summed E-state index contributed by atoms with van der Waals surface area (Å²) in [5, 5.41) is 17.1. The Morgan fingerprint density at radius 3 is 2.48 bits per heavy atom. The number of aliphatic imine (C=N–C) groups is 1. The molecular formula is C22H31N3O2. The third-order valence-electron chi connectivity index (χ3n) is 4.49. The van der Waals surface area contributed by atoms with Gasteiger partial charge in [0, 0.05) is 6.54 Å². The summed E-state index contributed by atoms with van der Waals surface area (Å²) in [4.78, 5) is 4.55. The molecule has 0 aliphatic rings. The van der Waals surface area contributed by atoms with Crippen molar-refractivity contribution in [3.63, 3.8) is 0 Å². The maximum absolute atomic E-state index is 10.4. The molecule has 0 amide bonds. The van der Waals surface area contributed by atoms with Gasteiger partial charge in [-0.05, 0) is 49.1 Å². The van der Waals surface area contributed by atoms with Gasteiger partial charge in [-0.25, -0.2) is 0 Å². The average Bonchev–Trinajstić information content (AvgIpc) is 2.71. The van der Waals surface area contributed by atoms with Gasteiger partial charge < -0.3 is 20.5 Å². The fraction of sp³-hybridized carbons (Fsp3) is 0.409. The van der Waals surface area contributed by atoms with Gasteiger partial charge in [0.15, 0.2) is 5.96 Å². The SMILES string of the molecule is CCNC(=NCC(O)c1cccc(OC)c1)NC(C)c1ccc(CC)cc1. The molecule has 0 fully saturated rings. The van der Waals surface area contributed by atoms with E-state index in [0.717, 1.165) is 24.3 Å². The van der Waals surface area contributed by atoms with Crippen LogP contribution in [0.15, 0.2) is 53.5 Å². The second-order valence-corrected chi connectivity index (χ2v) is 6.47. The first kappa shape index (κ1) is 20.8. The summed E-state index contributed by atoms with van der Waals surface area (Å²) in [7, 11) is 1.62. The third kappa shape index (κ3) is 6.29. The first-order valence-electron chi connectivity index (χ1n) is 9.53. The molecule has 0 spiro atoms. The molecule has 2 aromatic carbocycles. The summed E-state index contributed by atoms with van der Waals surface area (Å²) >= 11 is 0. The van der Waals surface area contributed by atoms with Crippen LogP contribution in [0, 0.1) is 0 Å². The van der Waals surface area contributed by atoms with Gasteiger partial charge in [-0.1, -0.05) is 43.3 Å². The van der Waals surface area contributed by atoms with E-state index in [1.54, 1.807) is 7.11 Å². The lowest BCUT2D eigenvalue weighted by Gasteiger charge is -2.19. The van der Waals surface area contributed by atoms with Gasteiger partial charge >= 0.3 is 0 Å². The molecule has 146 valence electrons. The predicted octanol–water partition coefficient (Wildman–Crippen LogP) is 3.61. The van der Waals surface area contributed by atoms with E-state index in [4.69, 9.17) is 4.74 Å². The summed E-state index contributed by atoms with van der Waals surface area (Å²) in [6.45, 7) is 7.30. The number of aliphatic hydroxyl groups excluding tert-OH is 1. The van der Waals surface area contributed by atoms with Crippen molar-refractivity contribution >= 4 is 5.96 Å². The summed E-state index contributed by atoms with van der Waals surface area (Å²) in [5.41, 5.74) is 3.32. The molecule has 27 heavy (non-hydrogen) atoms. The van der Waals surface area contributed by atoms with Gasteiger partial charge in [0.1, 0.15) is 5.75 Å². The minimum atomic E-state index is -0.685. The maximum atomic E-state index is 10.4. The van der Waals surface area contributed by atoms with Crippen molar-refractivity contribution in [2.45, 2.75) is 39.3 Å². The minimum absolute atomic E-state index is 0.114. The van der Waals surface area contributed by atoms with Crippen molar-refractivity contribution in [2.24, 2.45) is 4.99 Å². The molecule has 0 aliphatic carbocycles. The second-order valence-electron chi connectivity index (χ2n) is 6.47. The maximum Gasteiger partial charge on any atom is 0.191 e. The first-order chi connectivity index (χ1) is 13.1. The summed E-state index contributed by atoms with van der Waals surface area (Å²) in [6, 6.07) is 16.1. The lowest BCUT2D eigenvalue weighted by Crippen LogP contribution is -2.39. The van der Waals surface area contributed by atoms with Gasteiger partial charge in [-0.2, -0.15) is 0 Å². The molecule has 2 rings (SSSR count). The number of aliphatic hydroxyl groups is 1. The van der Waals surface area contributed by atoms with Crippen molar-refractivity contribution in [1.82, 2.24) is 10.6 Å². The second kappa shape index (κ2) is 10.6. The zero-order chi connectivity index (χ0) is 19.6. The van der Waals surface area contributed by atoms with E-state index in [1.165, 1.54) is 11.1 Å². The van der Waals surface area contributed by atoms with E-state index in [9.17, 15) is 5.11 Å². The summed E-state index contributed by atoms with van der Waals surface area (Å²) < 4.78 is 5.22. The fourth-order valence-electron chi connectivity index (χ4n) is 2.78. The molecule has 2 aromatic rings. The van der Waals surface area contributed by atoms with E-state index in [2.05, 4.69) is 53.7 Å². The van der Waals surface area contributed by atoms with Gasteiger partial charge in [0.05, 0.1) is 25.8 Å². The highest BCUT2D eigenvalue weighted by Gasteiger charge is 2.11. The van der Waals surface area contributed by atoms with Crippen LogP contribution >= 0.6 is 0 Å². The topological polar surface area (TPSA) is 65.9 Å². The molecule has 5 nitrogen and oxygen atoms in total. The van der Waals surface area contributed by atoms with Crippen LogP contribution in [0.4, 0.5) is 0 Å². The van der Waals surface area contributed by atoms with Crippen molar-refractivity contribution in [3.8, 4) is 5.75 Å². The van der Waals surface area contributed by atoms with Crippen LogP contribution in [0.25, 0.3) is 0 Å². The van der Waals surface area contributed by atoms with Crippen molar-refractivity contribution in [3.05, 3.63) is 65.2 Å². The predicted molar refractivity (Wildman–Crippen MR) is 111 cm³/mol. The Balaban J connectivity index is 2.03. The number of guanidine groups is 1. The minimum Gasteiger partial charge on any atom is -0.497 e. The fourth-order valence-corrected chi connectivity index (χ4v) is 2.78. The highest BCUT2D eigenvalue weighted by Crippen LogP contribution is 2.19. The quantitative estimate of drug-likeness (QED) is 0.491. The Kier molecular flexibility index (Phi) is 8.14. The number of hydrogen-bond acceptors (Lipinski definition) is 3. The molecule has 3 N–H and O–H groups in total. The van der Waals surface area contributed by atoms with Gasteiger partial charge in [0.2, 0.25) is 0 Å². The number of ether oxygens (including phenoxy) is 1. The van der Waals surface area contributed by atoms with Crippen molar-refractivity contribution < 1.29 is 9.84 Å². The number of methoxy groups -OCH3 is 1. The van der Waals surface area contributed by atoms with E-state index >= 15 is 0 Å². The van der Waals surface area contributed by atoms with Crippen LogP contribution in [-0.4, -0.2) is 31.3 Å². The lowest BCUT2D eigenvalue weighted by molar-refractivity contribution is 0.186. The highest BCUT2D eigenvalue weighted by molar-refractivity contribution is 5.80. The third-order valence-corrected chi connectivity index (χ3v) is 4.49. The zero-order valence-electron chi connectivity index (χ0n) is 16.7. The molecule has 0 heterocycles. The zero-order valence-corrected chi connectivity index (χ0v) is 16.7. The van der Waals surface area contributed by atoms with E-state index in [0.29, 0.717) is 5.96 Å². The summed E-state index contributed by atoms with van der Waals surface area (Å²) in [6.07, 6.45) is 0.351. The molecular weight excluding hydrogens is 338 g/mol. The number of nitrogens with zero attached hydrogens (tertiary/aromatic N) is 1. The van der Waals surface area contributed by atoms with E-state index in [-0.39, 0.29) is 12.6 Å². The monoisotopic (exact) mass is 369 g/mol. The van der Waals surface area contributed by atoms with E-state index < -0.39 is 6.10 Å². The van der Waals surface area contributed by atoms with Gasteiger partial charge in [-0.15, -0.1) is 0 Å². The number of benzene rings is 2. The lowest BCUT2D eigenvalue weighted by atomic mass is 10.1. The molecule has 0 saturated heterocycles. The Morgan fingerprint density at radius 2 is 1.85 bits per heavy atom. The van der Waals surface area contributed by atoms with Crippen molar-refractivity contribution in [1.29, 1.82) is 0 Å². The largest absolute Gasteiger partial charge is 0.497 e. The molecule has 2 unspecified atom stereocenters. The van der Waals surface area contributed by atoms with Crippen LogP contribution in [0.1, 0.15) is 49.6 Å². The normalized spacial score (nSPS) is 13.7.